The Hall–Kier alpha value is -0.820. The van der Waals surface area contributed by atoms with Crippen LogP contribution >= 0.6 is 0 Å². The van der Waals surface area contributed by atoms with Gasteiger partial charge in [0.2, 0.25) is 5.91 Å². The molecule has 0 spiro atoms. The highest BCUT2D eigenvalue weighted by atomic mass is 19.4. The summed E-state index contributed by atoms with van der Waals surface area (Å²) in [4.78, 5) is 13.2. The number of alkyl halides is 3. The van der Waals surface area contributed by atoms with Crippen LogP contribution in [0.1, 0.15) is 26.7 Å². The summed E-state index contributed by atoms with van der Waals surface area (Å²) in [5.74, 6) is -0.618. The van der Waals surface area contributed by atoms with Gasteiger partial charge in [0.05, 0.1) is 6.54 Å². The molecule has 0 aliphatic carbocycles. The van der Waals surface area contributed by atoms with Gasteiger partial charge in [-0.25, -0.2) is 0 Å². The van der Waals surface area contributed by atoms with E-state index in [9.17, 15) is 18.0 Å². The Morgan fingerprint density at radius 2 is 1.89 bits per heavy atom. The van der Waals surface area contributed by atoms with Crippen molar-refractivity contribution in [3.05, 3.63) is 0 Å². The fraction of sp³-hybridized carbons (Fsp3) is 0.909. The molecule has 7 heteroatoms. The van der Waals surface area contributed by atoms with Crippen LogP contribution in [-0.4, -0.2) is 49.2 Å². The number of hydrogen-bond acceptors (Lipinski definition) is 3. The predicted octanol–water partition coefficient (Wildman–Crippen LogP) is 1.11. The maximum Gasteiger partial charge on any atom is 0.405 e. The molecule has 0 radical (unpaired) electrons. The van der Waals surface area contributed by atoms with Crippen molar-refractivity contribution < 1.29 is 18.0 Å². The molecular weight excluding hydrogens is 247 g/mol. The van der Waals surface area contributed by atoms with Crippen LogP contribution in [-0.2, 0) is 4.79 Å². The van der Waals surface area contributed by atoms with Crippen molar-refractivity contribution in [3.8, 4) is 0 Å². The number of halogens is 3. The second-order valence-electron chi connectivity index (χ2n) is 4.12. The molecule has 0 atom stereocenters. The number of carbonyl (C=O) groups is 1. The number of nitrogens with zero attached hydrogens (tertiary/aromatic N) is 1. The molecule has 1 amide bonds. The van der Waals surface area contributed by atoms with Crippen molar-refractivity contribution in [2.45, 2.75) is 38.9 Å². The zero-order valence-corrected chi connectivity index (χ0v) is 10.9. The van der Waals surface area contributed by atoms with Gasteiger partial charge >= 0.3 is 6.18 Å². The lowest BCUT2D eigenvalue weighted by Gasteiger charge is -2.29. The molecule has 0 saturated carbocycles. The fourth-order valence-electron chi connectivity index (χ4n) is 1.80. The van der Waals surface area contributed by atoms with Crippen LogP contribution < -0.4 is 11.1 Å². The average molecular weight is 269 g/mol. The largest absolute Gasteiger partial charge is 0.405 e. The summed E-state index contributed by atoms with van der Waals surface area (Å²) >= 11 is 0. The van der Waals surface area contributed by atoms with E-state index in [1.807, 2.05) is 24.1 Å². The summed E-state index contributed by atoms with van der Waals surface area (Å²) in [6.07, 6.45) is -2.70. The second kappa shape index (κ2) is 8.31. The van der Waals surface area contributed by atoms with E-state index in [1.54, 1.807) is 0 Å². The SMILES string of the molecule is CCC(CC)N(CCN)CC(=O)NCC(F)(F)F. The standard InChI is InChI=1S/C11H22F3N3O/c1-3-9(4-2)17(6-5-15)7-10(18)16-8-11(12,13)14/h9H,3-8,15H2,1-2H3,(H,16,18). The first-order valence-corrected chi connectivity index (χ1v) is 6.11. The minimum atomic E-state index is -4.37. The van der Waals surface area contributed by atoms with Crippen LogP contribution in [0.5, 0.6) is 0 Å². The normalized spacial score (nSPS) is 12.2. The topological polar surface area (TPSA) is 58.4 Å². The third kappa shape index (κ3) is 7.50. The van der Waals surface area contributed by atoms with Crippen molar-refractivity contribution >= 4 is 5.91 Å². The lowest BCUT2D eigenvalue weighted by Crippen LogP contribution is -2.46. The van der Waals surface area contributed by atoms with E-state index in [2.05, 4.69) is 0 Å². The molecule has 0 rings (SSSR count). The first-order valence-electron chi connectivity index (χ1n) is 6.11. The Kier molecular flexibility index (Phi) is 7.93. The minimum absolute atomic E-state index is 0.0420. The highest BCUT2D eigenvalue weighted by Crippen LogP contribution is 2.12. The summed E-state index contributed by atoms with van der Waals surface area (Å²) in [5.41, 5.74) is 5.44. The quantitative estimate of drug-likeness (QED) is 0.694. The molecule has 0 aliphatic heterocycles. The zero-order chi connectivity index (χ0) is 14.2. The first kappa shape index (κ1) is 17.2. The van der Waals surface area contributed by atoms with Crippen LogP contribution in [0, 0.1) is 0 Å². The molecule has 0 aromatic heterocycles. The van der Waals surface area contributed by atoms with Crippen molar-refractivity contribution in [2.75, 3.05) is 26.2 Å². The first-order chi connectivity index (χ1) is 8.34. The minimum Gasteiger partial charge on any atom is -0.346 e. The van der Waals surface area contributed by atoms with Crippen molar-refractivity contribution in [2.24, 2.45) is 5.73 Å². The molecule has 0 aromatic rings. The molecule has 0 aromatic carbocycles. The molecule has 0 fully saturated rings. The number of rotatable bonds is 8. The highest BCUT2D eigenvalue weighted by Gasteiger charge is 2.28. The Morgan fingerprint density at radius 3 is 2.28 bits per heavy atom. The lowest BCUT2D eigenvalue weighted by molar-refractivity contribution is -0.139. The van der Waals surface area contributed by atoms with Crippen LogP contribution in [0.3, 0.4) is 0 Å². The van der Waals surface area contributed by atoms with Crippen molar-refractivity contribution in [3.63, 3.8) is 0 Å². The van der Waals surface area contributed by atoms with E-state index in [0.29, 0.717) is 13.1 Å². The molecule has 3 N–H and O–H groups in total. The molecule has 18 heavy (non-hydrogen) atoms. The third-order valence-corrected chi connectivity index (χ3v) is 2.71. The summed E-state index contributed by atoms with van der Waals surface area (Å²) in [5, 5.41) is 1.87. The van der Waals surface area contributed by atoms with Gasteiger partial charge in [0.15, 0.2) is 0 Å². The summed E-state index contributed by atoms with van der Waals surface area (Å²) < 4.78 is 35.8. The van der Waals surface area contributed by atoms with E-state index in [1.165, 1.54) is 0 Å². The Balaban J connectivity index is 4.27. The van der Waals surface area contributed by atoms with E-state index in [0.717, 1.165) is 12.8 Å². The van der Waals surface area contributed by atoms with Crippen molar-refractivity contribution in [1.82, 2.24) is 10.2 Å². The van der Waals surface area contributed by atoms with Gasteiger partial charge in [0, 0.05) is 19.1 Å². The number of nitrogens with one attached hydrogen (secondary N) is 1. The van der Waals surface area contributed by atoms with Gasteiger partial charge in [0.25, 0.3) is 0 Å². The summed E-state index contributed by atoms with van der Waals surface area (Å²) in [7, 11) is 0. The summed E-state index contributed by atoms with van der Waals surface area (Å²) in [6.45, 7) is 3.51. The van der Waals surface area contributed by atoms with Crippen molar-refractivity contribution in [1.29, 1.82) is 0 Å². The molecule has 4 nitrogen and oxygen atoms in total. The lowest BCUT2D eigenvalue weighted by atomic mass is 10.1. The number of amides is 1. The third-order valence-electron chi connectivity index (χ3n) is 2.71. The molecule has 0 aliphatic rings. The maximum absolute atomic E-state index is 11.9. The van der Waals surface area contributed by atoms with E-state index in [-0.39, 0.29) is 12.6 Å². The van der Waals surface area contributed by atoms with Gasteiger partial charge in [-0.15, -0.1) is 0 Å². The van der Waals surface area contributed by atoms with E-state index < -0.39 is 18.6 Å². The van der Waals surface area contributed by atoms with E-state index >= 15 is 0 Å². The molecular formula is C11H22F3N3O. The highest BCUT2D eigenvalue weighted by molar-refractivity contribution is 5.78. The molecule has 108 valence electrons. The van der Waals surface area contributed by atoms with Gasteiger partial charge in [-0.2, -0.15) is 13.2 Å². The van der Waals surface area contributed by atoms with Gasteiger partial charge in [-0.05, 0) is 12.8 Å². The summed E-state index contributed by atoms with van der Waals surface area (Å²) in [6, 6.07) is 0.171. The fourth-order valence-corrected chi connectivity index (χ4v) is 1.80. The number of carbonyl (C=O) groups excluding carboxylic acids is 1. The molecule has 0 bridgehead atoms. The Bertz CT molecular complexity index is 242. The smallest absolute Gasteiger partial charge is 0.346 e. The Morgan fingerprint density at radius 1 is 1.33 bits per heavy atom. The number of hydrogen-bond donors (Lipinski definition) is 2. The number of nitrogens with two attached hydrogens (primary N) is 1. The van der Waals surface area contributed by atoms with Gasteiger partial charge in [0.1, 0.15) is 6.54 Å². The molecule has 0 unspecified atom stereocenters. The van der Waals surface area contributed by atoms with Gasteiger partial charge in [-0.1, -0.05) is 13.8 Å². The molecule has 0 saturated heterocycles. The van der Waals surface area contributed by atoms with Crippen LogP contribution in [0.25, 0.3) is 0 Å². The van der Waals surface area contributed by atoms with Gasteiger partial charge in [-0.3, -0.25) is 9.69 Å². The Labute approximate surface area is 106 Å². The average Bonchev–Trinajstić information content (AvgIpc) is 2.27. The van der Waals surface area contributed by atoms with Gasteiger partial charge < -0.3 is 11.1 Å². The predicted molar refractivity (Wildman–Crippen MR) is 64.1 cm³/mol. The van der Waals surface area contributed by atoms with Crippen LogP contribution in [0.4, 0.5) is 13.2 Å². The van der Waals surface area contributed by atoms with Crippen LogP contribution in [0.15, 0.2) is 0 Å². The zero-order valence-electron chi connectivity index (χ0n) is 10.9. The maximum atomic E-state index is 11.9. The monoisotopic (exact) mass is 269 g/mol. The van der Waals surface area contributed by atoms with E-state index in [4.69, 9.17) is 5.73 Å². The second-order valence-corrected chi connectivity index (χ2v) is 4.12. The molecule has 0 heterocycles. The van der Waals surface area contributed by atoms with Crippen LogP contribution in [0.2, 0.25) is 0 Å².